The van der Waals surface area contributed by atoms with Crippen LogP contribution < -0.4 is 0 Å². The summed E-state index contributed by atoms with van der Waals surface area (Å²) in [7, 11) is 1.72. The van der Waals surface area contributed by atoms with Crippen LogP contribution in [0, 0.1) is 0 Å². The Balaban J connectivity index is 1.36. The van der Waals surface area contributed by atoms with Crippen LogP contribution >= 0.6 is 0 Å². The van der Waals surface area contributed by atoms with Gasteiger partial charge in [0.25, 0.3) is 0 Å². The van der Waals surface area contributed by atoms with Crippen molar-refractivity contribution in [2.24, 2.45) is 0 Å². The highest BCUT2D eigenvalue weighted by atomic mass is 16.6. The fourth-order valence-corrected chi connectivity index (χ4v) is 6.02. The van der Waals surface area contributed by atoms with Crippen LogP contribution in [0.15, 0.2) is 91.0 Å². The molecule has 0 heterocycles. The molecule has 3 aromatic carbocycles. The summed E-state index contributed by atoms with van der Waals surface area (Å²) in [6.45, 7) is 3.81. The summed E-state index contributed by atoms with van der Waals surface area (Å²) in [5.74, 6) is 0.440. The second-order valence-electron chi connectivity index (χ2n) is 12.3. The summed E-state index contributed by atoms with van der Waals surface area (Å²) in [4.78, 5) is 12.2. The van der Waals surface area contributed by atoms with E-state index >= 15 is 0 Å². The molecule has 4 nitrogen and oxygen atoms in total. The van der Waals surface area contributed by atoms with Gasteiger partial charge in [-0.3, -0.25) is 4.79 Å². The molecule has 1 atom stereocenters. The molecule has 0 N–H and O–H groups in total. The van der Waals surface area contributed by atoms with Crippen LogP contribution in [0.5, 0.6) is 0 Å². The first-order chi connectivity index (χ1) is 22.2. The highest BCUT2D eigenvalue weighted by Gasteiger charge is 2.38. The van der Waals surface area contributed by atoms with E-state index in [4.69, 9.17) is 14.2 Å². The first kappa shape index (κ1) is 36.7. The molecule has 4 heteroatoms. The predicted molar refractivity (Wildman–Crippen MR) is 187 cm³/mol. The number of benzene rings is 3. The summed E-state index contributed by atoms with van der Waals surface area (Å²) in [5, 5.41) is 0. The maximum atomic E-state index is 12.2. The molecule has 0 aliphatic carbocycles. The molecule has 0 fully saturated rings. The largest absolute Gasteiger partial charge is 0.379 e. The Morgan fingerprint density at radius 1 is 0.578 bits per heavy atom. The molecule has 0 saturated carbocycles. The first-order valence-electron chi connectivity index (χ1n) is 17.6. The fourth-order valence-electron chi connectivity index (χ4n) is 6.02. The average Bonchev–Trinajstić information content (AvgIpc) is 3.09. The molecule has 0 unspecified atom stereocenters. The van der Waals surface area contributed by atoms with Gasteiger partial charge in [0.2, 0.25) is 0 Å². The first-order valence-corrected chi connectivity index (χ1v) is 17.6. The summed E-state index contributed by atoms with van der Waals surface area (Å²) in [6, 6.07) is 31.2. The van der Waals surface area contributed by atoms with E-state index in [0.29, 0.717) is 25.6 Å². The van der Waals surface area contributed by atoms with E-state index in [1.54, 1.807) is 7.11 Å². The number of ketones is 1. The van der Waals surface area contributed by atoms with E-state index in [2.05, 4.69) is 79.7 Å². The van der Waals surface area contributed by atoms with Crippen LogP contribution in [0.2, 0.25) is 0 Å². The number of carbonyl (C=O) groups excluding carboxylic acids is 1. The van der Waals surface area contributed by atoms with E-state index in [-0.39, 0.29) is 6.10 Å². The highest BCUT2D eigenvalue weighted by molar-refractivity contribution is 5.78. The number of methoxy groups -OCH3 is 1. The van der Waals surface area contributed by atoms with Gasteiger partial charge in [-0.25, -0.2) is 0 Å². The van der Waals surface area contributed by atoms with Gasteiger partial charge < -0.3 is 14.2 Å². The van der Waals surface area contributed by atoms with E-state index in [9.17, 15) is 4.79 Å². The number of Topliss-reactive ketones (excluding diaryl/α,β-unsaturated/α-hetero) is 1. The summed E-state index contributed by atoms with van der Waals surface area (Å²) >= 11 is 0. The lowest BCUT2D eigenvalue weighted by atomic mass is 9.80. The Hall–Kier alpha value is -2.79. The number of carbonyl (C=O) groups is 1. The van der Waals surface area contributed by atoms with Gasteiger partial charge >= 0.3 is 0 Å². The molecule has 0 aliphatic heterocycles. The van der Waals surface area contributed by atoms with E-state index in [1.807, 2.05) is 18.2 Å². The quantitative estimate of drug-likeness (QED) is 0.0667. The van der Waals surface area contributed by atoms with Crippen LogP contribution in [0.3, 0.4) is 0 Å². The topological polar surface area (TPSA) is 44.8 Å². The fraction of sp³-hybridized carbons (Fsp3) is 0.537. The molecule has 0 aliphatic rings. The zero-order chi connectivity index (χ0) is 31.8. The molecule has 0 aromatic heterocycles. The number of unbranched alkanes of at least 4 members (excludes halogenated alkanes) is 11. The summed E-state index contributed by atoms with van der Waals surface area (Å²) in [6.07, 6.45) is 17.1. The van der Waals surface area contributed by atoms with Crippen molar-refractivity contribution in [1.29, 1.82) is 0 Å². The van der Waals surface area contributed by atoms with Crippen molar-refractivity contribution in [3.63, 3.8) is 0 Å². The van der Waals surface area contributed by atoms with Crippen LogP contribution in [0.1, 0.15) is 120 Å². The van der Waals surface area contributed by atoms with Gasteiger partial charge in [0.1, 0.15) is 17.5 Å². The van der Waals surface area contributed by atoms with Gasteiger partial charge in [-0.05, 0) is 36.0 Å². The second kappa shape index (κ2) is 22.7. The van der Waals surface area contributed by atoms with Crippen LogP contribution in [0.4, 0.5) is 0 Å². The van der Waals surface area contributed by atoms with Crippen molar-refractivity contribution in [1.82, 2.24) is 0 Å². The molecule has 246 valence electrons. The zero-order valence-electron chi connectivity index (χ0n) is 28.1. The van der Waals surface area contributed by atoms with Crippen LogP contribution in [-0.2, 0) is 24.6 Å². The smallest absolute Gasteiger partial charge is 0.143 e. The Labute approximate surface area is 273 Å². The Bertz CT molecular complexity index is 1040. The third kappa shape index (κ3) is 13.2. The molecule has 0 bridgehead atoms. The Morgan fingerprint density at radius 3 is 1.44 bits per heavy atom. The maximum Gasteiger partial charge on any atom is 0.143 e. The van der Waals surface area contributed by atoms with Gasteiger partial charge in [0.15, 0.2) is 0 Å². The summed E-state index contributed by atoms with van der Waals surface area (Å²) < 4.78 is 18.7. The Morgan fingerprint density at radius 2 is 1.00 bits per heavy atom. The Kier molecular flexibility index (Phi) is 18.5. The number of hydrogen-bond acceptors (Lipinski definition) is 4. The molecule has 0 saturated heterocycles. The molecular formula is C41H58O4. The minimum atomic E-state index is -0.772. The van der Waals surface area contributed by atoms with Crippen molar-refractivity contribution in [3.8, 4) is 0 Å². The lowest BCUT2D eigenvalue weighted by molar-refractivity contribution is -0.119. The maximum absolute atomic E-state index is 12.2. The van der Waals surface area contributed by atoms with Crippen LogP contribution in [0.25, 0.3) is 0 Å². The molecule has 0 radical (unpaired) electrons. The van der Waals surface area contributed by atoms with Crippen molar-refractivity contribution in [2.45, 2.75) is 115 Å². The molecular weight excluding hydrogens is 556 g/mol. The molecule has 45 heavy (non-hydrogen) atoms. The van der Waals surface area contributed by atoms with Crippen molar-refractivity contribution in [3.05, 3.63) is 108 Å². The molecule has 0 spiro atoms. The van der Waals surface area contributed by atoms with Crippen molar-refractivity contribution in [2.75, 3.05) is 26.9 Å². The standard InChI is InChI=1S/C41H58O4/c1-3-4-5-6-7-8-9-10-22-31-39(42)32-23-11-12-24-33-44-34-40(43-2)35-45-41(36-25-16-13-17-26-36,37-27-18-14-19-28-37)38-29-20-15-21-30-38/h13-21,25-30,40H,3-12,22-24,31-35H2,1-2H3/t40-/m0/s1. The number of rotatable bonds is 26. The summed E-state index contributed by atoms with van der Waals surface area (Å²) in [5.41, 5.74) is 2.45. The monoisotopic (exact) mass is 614 g/mol. The molecule has 3 aromatic rings. The van der Waals surface area contributed by atoms with Crippen molar-refractivity contribution < 1.29 is 19.0 Å². The number of hydrogen-bond donors (Lipinski definition) is 0. The average molecular weight is 615 g/mol. The SMILES string of the molecule is CCCCCCCCCCCC(=O)CCCCCCOC[C@@H](COC(c1ccccc1)(c1ccccc1)c1ccccc1)OC. The minimum absolute atomic E-state index is 0.195. The van der Waals surface area contributed by atoms with E-state index in [0.717, 1.165) is 61.6 Å². The lowest BCUT2D eigenvalue weighted by Gasteiger charge is -2.37. The van der Waals surface area contributed by atoms with Gasteiger partial charge in [-0.15, -0.1) is 0 Å². The lowest BCUT2D eigenvalue weighted by Crippen LogP contribution is -2.37. The third-order valence-corrected chi connectivity index (χ3v) is 8.72. The van der Waals surface area contributed by atoms with Crippen LogP contribution in [-0.4, -0.2) is 38.8 Å². The second-order valence-corrected chi connectivity index (χ2v) is 12.3. The van der Waals surface area contributed by atoms with Gasteiger partial charge in [-0.2, -0.15) is 0 Å². The van der Waals surface area contributed by atoms with E-state index < -0.39 is 5.60 Å². The third-order valence-electron chi connectivity index (χ3n) is 8.72. The highest BCUT2D eigenvalue weighted by Crippen LogP contribution is 2.40. The van der Waals surface area contributed by atoms with Gasteiger partial charge in [0, 0.05) is 26.6 Å². The molecule has 0 amide bonds. The number of ether oxygens (including phenoxy) is 3. The predicted octanol–water partition coefficient (Wildman–Crippen LogP) is 10.5. The zero-order valence-corrected chi connectivity index (χ0v) is 28.1. The van der Waals surface area contributed by atoms with Gasteiger partial charge in [-0.1, -0.05) is 162 Å². The van der Waals surface area contributed by atoms with Crippen molar-refractivity contribution >= 4 is 5.78 Å². The normalized spacial score (nSPS) is 12.3. The molecule has 3 rings (SSSR count). The minimum Gasteiger partial charge on any atom is -0.379 e. The van der Waals surface area contributed by atoms with Gasteiger partial charge in [0.05, 0.1) is 13.2 Å². The van der Waals surface area contributed by atoms with E-state index in [1.165, 1.54) is 51.4 Å².